The van der Waals surface area contributed by atoms with E-state index in [0.29, 0.717) is 10.5 Å². The summed E-state index contributed by atoms with van der Waals surface area (Å²) in [5.41, 5.74) is -1.37. The third-order valence-electron chi connectivity index (χ3n) is 4.59. The number of nitro groups is 1. The quantitative estimate of drug-likeness (QED) is 0.404. The lowest BCUT2D eigenvalue weighted by molar-refractivity contribution is -0.385. The van der Waals surface area contributed by atoms with Gasteiger partial charge in [0.1, 0.15) is 5.54 Å². The third kappa shape index (κ3) is 2.72. The predicted molar refractivity (Wildman–Crippen MR) is 98.9 cm³/mol. The molecule has 1 atom stereocenters. The van der Waals surface area contributed by atoms with Crippen molar-refractivity contribution in [2.45, 2.75) is 19.0 Å². The molecule has 1 aliphatic rings. The van der Waals surface area contributed by atoms with Gasteiger partial charge in [-0.05, 0) is 12.5 Å². The van der Waals surface area contributed by atoms with Gasteiger partial charge in [0.05, 0.1) is 17.2 Å². The van der Waals surface area contributed by atoms with Crippen LogP contribution in [-0.4, -0.2) is 31.1 Å². The zero-order valence-electron chi connectivity index (χ0n) is 14.5. The molecule has 3 heterocycles. The van der Waals surface area contributed by atoms with Gasteiger partial charge in [-0.3, -0.25) is 29.0 Å². The van der Waals surface area contributed by atoms with E-state index < -0.39 is 22.4 Å². The number of aromatic nitrogens is 2. The summed E-state index contributed by atoms with van der Waals surface area (Å²) < 4.78 is 1.37. The number of urea groups is 1. The zero-order chi connectivity index (χ0) is 20.1. The molecule has 28 heavy (non-hydrogen) atoms. The van der Waals surface area contributed by atoms with E-state index in [4.69, 9.17) is 0 Å². The largest absolute Gasteiger partial charge is 0.325 e. The van der Waals surface area contributed by atoms with E-state index in [2.05, 4.69) is 10.3 Å². The zero-order valence-corrected chi connectivity index (χ0v) is 15.3. The summed E-state index contributed by atoms with van der Waals surface area (Å²) in [5.74, 6) is -0.578. The monoisotopic (exact) mass is 399 g/mol. The molecule has 10 nitrogen and oxygen atoms in total. The van der Waals surface area contributed by atoms with Gasteiger partial charge in [0.2, 0.25) is 0 Å². The molecule has 0 bridgehead atoms. The number of non-ortho nitro benzene ring substituents is 1. The number of nitrogens with zero attached hydrogens (tertiary/aromatic N) is 4. The van der Waals surface area contributed by atoms with Crippen LogP contribution in [0.3, 0.4) is 0 Å². The van der Waals surface area contributed by atoms with E-state index in [0.717, 1.165) is 4.90 Å². The van der Waals surface area contributed by atoms with Crippen molar-refractivity contribution < 1.29 is 14.5 Å². The summed E-state index contributed by atoms with van der Waals surface area (Å²) in [7, 11) is 0. The van der Waals surface area contributed by atoms with Gasteiger partial charge in [-0.25, -0.2) is 9.78 Å². The van der Waals surface area contributed by atoms with Crippen LogP contribution in [0, 0.1) is 10.1 Å². The second-order valence-electron chi connectivity index (χ2n) is 6.40. The molecule has 142 valence electrons. The third-order valence-corrected chi connectivity index (χ3v) is 5.34. The van der Waals surface area contributed by atoms with E-state index in [1.165, 1.54) is 53.0 Å². The van der Waals surface area contributed by atoms with Crippen LogP contribution in [0.4, 0.5) is 10.5 Å². The minimum Gasteiger partial charge on any atom is -0.319 e. The van der Waals surface area contributed by atoms with Gasteiger partial charge >= 0.3 is 6.03 Å². The molecule has 0 radical (unpaired) electrons. The van der Waals surface area contributed by atoms with Crippen LogP contribution >= 0.6 is 11.3 Å². The highest BCUT2D eigenvalue weighted by molar-refractivity contribution is 7.15. The first kappa shape index (κ1) is 17.8. The standard InChI is InChI=1S/C17H13N5O5S/c1-17(10-3-2-4-12(7-10)22(26)27)14(24)21(15(25)19-17)9-11-8-13(23)20-5-6-28-16(20)18-11/h2-8H,9H2,1H3,(H,19,25). The number of nitro benzene ring substituents is 1. The number of carbonyl (C=O) groups excluding carboxylic acids is 2. The summed E-state index contributed by atoms with van der Waals surface area (Å²) >= 11 is 1.26. The van der Waals surface area contributed by atoms with Gasteiger partial charge in [-0.15, -0.1) is 11.3 Å². The van der Waals surface area contributed by atoms with Gasteiger partial charge in [-0.2, -0.15) is 0 Å². The van der Waals surface area contributed by atoms with E-state index in [1.54, 1.807) is 11.6 Å². The highest BCUT2D eigenvalue weighted by Gasteiger charge is 2.49. The lowest BCUT2D eigenvalue weighted by Crippen LogP contribution is -2.40. The highest BCUT2D eigenvalue weighted by atomic mass is 32.1. The Morgan fingerprint density at radius 3 is 2.82 bits per heavy atom. The van der Waals surface area contributed by atoms with E-state index in [-0.39, 0.29) is 23.5 Å². The number of rotatable bonds is 4. The van der Waals surface area contributed by atoms with Crippen LogP contribution < -0.4 is 10.9 Å². The van der Waals surface area contributed by atoms with Crippen molar-refractivity contribution in [3.05, 3.63) is 73.6 Å². The fourth-order valence-corrected chi connectivity index (χ4v) is 3.84. The highest BCUT2D eigenvalue weighted by Crippen LogP contribution is 2.31. The lowest BCUT2D eigenvalue weighted by atomic mass is 9.91. The number of benzene rings is 1. The van der Waals surface area contributed by atoms with Crippen LogP contribution in [0.25, 0.3) is 4.96 Å². The number of thiazole rings is 1. The number of amides is 3. The van der Waals surface area contributed by atoms with Crippen molar-refractivity contribution in [3.8, 4) is 0 Å². The summed E-state index contributed by atoms with van der Waals surface area (Å²) in [6.45, 7) is 1.30. The van der Waals surface area contributed by atoms with Crippen molar-refractivity contribution in [1.82, 2.24) is 19.6 Å². The molecule has 3 aromatic rings. The first-order chi connectivity index (χ1) is 13.3. The maximum atomic E-state index is 13.0. The van der Waals surface area contributed by atoms with Gasteiger partial charge in [0.15, 0.2) is 4.96 Å². The number of hydrogen-bond donors (Lipinski definition) is 1. The Labute approximate surface area is 161 Å². The summed E-state index contributed by atoms with van der Waals surface area (Å²) in [5, 5.41) is 15.3. The molecule has 1 aromatic carbocycles. The normalized spacial score (nSPS) is 19.2. The first-order valence-corrected chi connectivity index (χ1v) is 9.02. The second kappa shape index (κ2) is 6.23. The van der Waals surface area contributed by atoms with Crippen LogP contribution in [0.2, 0.25) is 0 Å². The molecule has 2 aromatic heterocycles. The van der Waals surface area contributed by atoms with Gasteiger partial charge in [0.25, 0.3) is 17.2 Å². The Morgan fingerprint density at radius 2 is 2.07 bits per heavy atom. The molecule has 0 saturated carbocycles. The molecule has 1 fully saturated rings. The molecule has 1 N–H and O–H groups in total. The molecule has 1 saturated heterocycles. The van der Waals surface area contributed by atoms with Crippen molar-refractivity contribution in [2.24, 2.45) is 0 Å². The lowest BCUT2D eigenvalue weighted by Gasteiger charge is -2.22. The molecule has 1 unspecified atom stereocenters. The topological polar surface area (TPSA) is 127 Å². The number of imide groups is 1. The maximum Gasteiger partial charge on any atom is 0.325 e. The Balaban J connectivity index is 1.67. The summed E-state index contributed by atoms with van der Waals surface area (Å²) in [6, 6.07) is 6.16. The minimum absolute atomic E-state index is 0.182. The first-order valence-electron chi connectivity index (χ1n) is 8.14. The SMILES string of the molecule is CC1(c2cccc([N+](=O)[O-])c2)NC(=O)N(Cc2cc(=O)n3ccsc3n2)C1=O. The van der Waals surface area contributed by atoms with Crippen molar-refractivity contribution in [2.75, 3.05) is 0 Å². The van der Waals surface area contributed by atoms with Crippen LogP contribution in [0.5, 0.6) is 0 Å². The Hall–Kier alpha value is -3.60. The van der Waals surface area contributed by atoms with Gasteiger partial charge in [0, 0.05) is 29.8 Å². The summed E-state index contributed by atoms with van der Waals surface area (Å²) in [4.78, 5) is 53.7. The number of nitrogens with one attached hydrogen (secondary N) is 1. The smallest absolute Gasteiger partial charge is 0.319 e. The minimum atomic E-state index is -1.45. The molecule has 4 rings (SSSR count). The van der Waals surface area contributed by atoms with Crippen molar-refractivity contribution in [3.63, 3.8) is 0 Å². The molecular weight excluding hydrogens is 386 g/mol. The molecular formula is C17H13N5O5S. The number of carbonyl (C=O) groups is 2. The average Bonchev–Trinajstić information content (AvgIpc) is 3.21. The van der Waals surface area contributed by atoms with Crippen molar-refractivity contribution in [1.29, 1.82) is 0 Å². The molecule has 0 aliphatic carbocycles. The maximum absolute atomic E-state index is 13.0. The van der Waals surface area contributed by atoms with E-state index in [1.807, 2.05) is 0 Å². The number of hydrogen-bond acceptors (Lipinski definition) is 7. The second-order valence-corrected chi connectivity index (χ2v) is 7.27. The van der Waals surface area contributed by atoms with Gasteiger partial charge in [-0.1, -0.05) is 12.1 Å². The van der Waals surface area contributed by atoms with E-state index >= 15 is 0 Å². The Bertz CT molecular complexity index is 1200. The predicted octanol–water partition coefficient (Wildman–Crippen LogP) is 1.63. The Kier molecular flexibility index (Phi) is 3.96. The average molecular weight is 399 g/mol. The van der Waals surface area contributed by atoms with Gasteiger partial charge < -0.3 is 5.32 Å². The summed E-state index contributed by atoms with van der Waals surface area (Å²) in [6.07, 6.45) is 1.59. The molecule has 0 spiro atoms. The van der Waals surface area contributed by atoms with Crippen LogP contribution in [-0.2, 0) is 16.9 Å². The number of fused-ring (bicyclic) bond motifs is 1. The molecule has 11 heteroatoms. The molecule has 1 aliphatic heterocycles. The Morgan fingerprint density at radius 1 is 1.29 bits per heavy atom. The van der Waals surface area contributed by atoms with Crippen molar-refractivity contribution >= 4 is 33.9 Å². The van der Waals surface area contributed by atoms with Crippen LogP contribution in [0.15, 0.2) is 46.7 Å². The fraction of sp³-hybridized carbons (Fsp3) is 0.176. The van der Waals surface area contributed by atoms with E-state index in [9.17, 15) is 24.5 Å². The molecule has 3 amide bonds. The van der Waals surface area contributed by atoms with Crippen LogP contribution in [0.1, 0.15) is 18.2 Å². The fourth-order valence-electron chi connectivity index (χ4n) is 3.10.